The summed E-state index contributed by atoms with van der Waals surface area (Å²) >= 11 is 1.27. The Labute approximate surface area is 243 Å². The predicted molar refractivity (Wildman–Crippen MR) is 152 cm³/mol. The maximum Gasteiger partial charge on any atom is 0.265 e. The fraction of sp³-hybridized carbons (Fsp3) is 0.567. The highest BCUT2D eigenvalue weighted by Gasteiger charge is 2.63. The third-order valence-electron chi connectivity index (χ3n) is 9.46. The monoisotopic (exact) mass is 579 g/mol. The lowest BCUT2D eigenvalue weighted by Gasteiger charge is -2.50. The van der Waals surface area contributed by atoms with Gasteiger partial charge in [-0.1, -0.05) is 44.2 Å². The van der Waals surface area contributed by atoms with Crippen molar-refractivity contribution in [1.82, 2.24) is 25.4 Å². The first-order valence-electron chi connectivity index (χ1n) is 14.2. The molecule has 10 nitrogen and oxygen atoms in total. The molecule has 2 aliphatic carbocycles. The van der Waals surface area contributed by atoms with E-state index in [-0.39, 0.29) is 41.5 Å². The van der Waals surface area contributed by atoms with E-state index in [2.05, 4.69) is 29.5 Å². The zero-order chi connectivity index (χ0) is 29.0. The van der Waals surface area contributed by atoms with Crippen LogP contribution in [0.1, 0.15) is 48.3 Å². The molecule has 2 aliphatic heterocycles. The second-order valence-electron chi connectivity index (χ2n) is 12.8. The second kappa shape index (κ2) is 10.2. The van der Waals surface area contributed by atoms with Crippen LogP contribution >= 0.6 is 11.3 Å². The van der Waals surface area contributed by atoms with Gasteiger partial charge in [0.15, 0.2) is 0 Å². The maximum atomic E-state index is 14.0. The van der Waals surface area contributed by atoms with Crippen molar-refractivity contribution in [3.05, 3.63) is 52.5 Å². The van der Waals surface area contributed by atoms with E-state index in [1.165, 1.54) is 11.3 Å². The Hall–Kier alpha value is -3.31. The zero-order valence-corrected chi connectivity index (χ0v) is 24.5. The number of amides is 4. The van der Waals surface area contributed by atoms with Gasteiger partial charge >= 0.3 is 0 Å². The molecular weight excluding hydrogens is 542 g/mol. The molecule has 6 rings (SSSR count). The van der Waals surface area contributed by atoms with Gasteiger partial charge in [0, 0.05) is 44.6 Å². The number of benzene rings is 1. The van der Waals surface area contributed by atoms with Crippen LogP contribution in [0.3, 0.4) is 0 Å². The van der Waals surface area contributed by atoms with Gasteiger partial charge in [0.05, 0.1) is 29.8 Å². The molecule has 0 radical (unpaired) electrons. The highest BCUT2D eigenvalue weighted by atomic mass is 32.1. The highest BCUT2D eigenvalue weighted by molar-refractivity contribution is 7.11. The van der Waals surface area contributed by atoms with Crippen molar-refractivity contribution < 1.29 is 23.9 Å². The van der Waals surface area contributed by atoms with Crippen LogP contribution in [-0.2, 0) is 25.7 Å². The fourth-order valence-corrected chi connectivity index (χ4v) is 7.11. The molecule has 2 aromatic rings. The summed E-state index contributed by atoms with van der Waals surface area (Å²) in [5.41, 5.74) is 1.27. The molecule has 3 atom stereocenters. The Morgan fingerprint density at radius 1 is 1.07 bits per heavy atom. The van der Waals surface area contributed by atoms with Crippen molar-refractivity contribution >= 4 is 35.0 Å². The average molecular weight is 580 g/mol. The van der Waals surface area contributed by atoms with Gasteiger partial charge in [-0.05, 0) is 30.2 Å². The van der Waals surface area contributed by atoms with Crippen molar-refractivity contribution in [2.75, 3.05) is 33.2 Å². The van der Waals surface area contributed by atoms with E-state index in [4.69, 9.17) is 4.74 Å². The number of nitrogens with one attached hydrogen (secondary N) is 2. The lowest BCUT2D eigenvalue weighted by molar-refractivity contribution is -0.152. The molecule has 0 unspecified atom stereocenters. The number of ether oxygens (including phenoxy) is 1. The van der Waals surface area contributed by atoms with Crippen LogP contribution in [0, 0.1) is 22.7 Å². The highest BCUT2D eigenvalue weighted by Crippen LogP contribution is 2.55. The third kappa shape index (κ3) is 5.14. The predicted octanol–water partition coefficient (Wildman–Crippen LogP) is 2.07. The minimum atomic E-state index is -0.864. The molecule has 218 valence electrons. The van der Waals surface area contributed by atoms with Crippen molar-refractivity contribution in [2.45, 2.75) is 51.4 Å². The summed E-state index contributed by atoms with van der Waals surface area (Å²) < 4.78 is 6.28. The molecule has 1 spiro atoms. The molecule has 2 saturated heterocycles. The molecule has 2 N–H and O–H groups in total. The van der Waals surface area contributed by atoms with Crippen molar-refractivity contribution in [1.29, 1.82) is 0 Å². The zero-order valence-electron chi connectivity index (χ0n) is 23.7. The first kappa shape index (κ1) is 27.8. The molecule has 1 aromatic heterocycles. The summed E-state index contributed by atoms with van der Waals surface area (Å²) in [7, 11) is 1.55. The standard InChI is InChI=1S/C30H37N5O5S/c1-28(2)11-20(28)26(38)35-16-29(17-35)15-34(27(39)22-12-32-18-41-22)13-21(29)24(36)33-23(25(37)31-3)30(9-10-30)40-14-19-7-5-4-6-8-19/h4-8,12,18,20-21,23H,9-11,13-17H2,1-3H3,(H,31,37)(H,33,36)/t20-,21+,23-/m1/s1. The number of likely N-dealkylation sites (tertiary alicyclic amines) is 2. The van der Waals surface area contributed by atoms with Crippen LogP contribution in [0.4, 0.5) is 0 Å². The number of likely N-dealkylation sites (N-methyl/N-ethyl adjacent to an activating group) is 1. The molecule has 3 heterocycles. The number of carbonyl (C=O) groups is 4. The van der Waals surface area contributed by atoms with E-state index >= 15 is 0 Å². The smallest absolute Gasteiger partial charge is 0.265 e. The van der Waals surface area contributed by atoms with Gasteiger partial charge in [0.2, 0.25) is 17.7 Å². The number of carbonyl (C=O) groups excluding carboxylic acids is 4. The van der Waals surface area contributed by atoms with Gasteiger partial charge in [-0.2, -0.15) is 0 Å². The topological polar surface area (TPSA) is 121 Å². The molecule has 2 saturated carbocycles. The van der Waals surface area contributed by atoms with Gasteiger partial charge < -0.3 is 25.2 Å². The fourth-order valence-electron chi connectivity index (χ4n) is 6.53. The Morgan fingerprint density at radius 3 is 2.34 bits per heavy atom. The van der Waals surface area contributed by atoms with E-state index in [1.54, 1.807) is 23.7 Å². The van der Waals surface area contributed by atoms with Gasteiger partial charge in [-0.25, -0.2) is 0 Å². The summed E-state index contributed by atoms with van der Waals surface area (Å²) in [6.07, 6.45) is 3.72. The number of hydrogen-bond donors (Lipinski definition) is 2. The van der Waals surface area contributed by atoms with Crippen molar-refractivity contribution in [2.24, 2.45) is 22.7 Å². The van der Waals surface area contributed by atoms with Crippen LogP contribution in [0.2, 0.25) is 0 Å². The Bertz CT molecular complexity index is 1340. The van der Waals surface area contributed by atoms with Crippen LogP contribution in [-0.4, -0.2) is 83.3 Å². The van der Waals surface area contributed by atoms with Crippen molar-refractivity contribution in [3.63, 3.8) is 0 Å². The third-order valence-corrected chi connectivity index (χ3v) is 10.2. The SMILES string of the molecule is CNC(=O)[C@@H](NC(=O)[C@@H]1CN(C(=O)c2cncs2)CC12CN(C(=O)[C@H]1CC1(C)C)C2)C1(OCc2ccccc2)CC1. The maximum absolute atomic E-state index is 14.0. The quantitative estimate of drug-likeness (QED) is 0.469. The van der Waals surface area contributed by atoms with Crippen LogP contribution in [0.5, 0.6) is 0 Å². The summed E-state index contributed by atoms with van der Waals surface area (Å²) in [6, 6.07) is 8.88. The summed E-state index contributed by atoms with van der Waals surface area (Å²) in [5, 5.41) is 5.72. The second-order valence-corrected chi connectivity index (χ2v) is 13.7. The van der Waals surface area contributed by atoms with Crippen LogP contribution < -0.4 is 10.6 Å². The van der Waals surface area contributed by atoms with Crippen molar-refractivity contribution in [3.8, 4) is 0 Å². The first-order chi connectivity index (χ1) is 19.6. The molecule has 4 fully saturated rings. The molecule has 0 bridgehead atoms. The van der Waals surface area contributed by atoms with Crippen LogP contribution in [0.25, 0.3) is 0 Å². The molecule has 11 heteroatoms. The first-order valence-corrected chi connectivity index (χ1v) is 15.1. The molecule has 4 aliphatic rings. The van der Waals surface area contributed by atoms with Gasteiger partial charge in [0.1, 0.15) is 10.9 Å². The molecule has 4 amide bonds. The van der Waals surface area contributed by atoms with E-state index in [0.29, 0.717) is 44.0 Å². The van der Waals surface area contributed by atoms with E-state index in [0.717, 1.165) is 12.0 Å². The van der Waals surface area contributed by atoms with Gasteiger partial charge in [-0.3, -0.25) is 24.2 Å². The number of aromatic nitrogens is 1. The number of nitrogens with zero attached hydrogens (tertiary/aromatic N) is 3. The normalized spacial score (nSPS) is 25.2. The van der Waals surface area contributed by atoms with Gasteiger partial charge in [-0.15, -0.1) is 11.3 Å². The average Bonchev–Trinajstić information content (AvgIpc) is 3.68. The number of hydrogen-bond acceptors (Lipinski definition) is 7. The number of thiazole rings is 1. The summed E-state index contributed by atoms with van der Waals surface area (Å²) in [5.74, 6) is -1.18. The lowest BCUT2D eigenvalue weighted by Crippen LogP contribution is -2.65. The Kier molecular flexibility index (Phi) is 6.93. The Balaban J connectivity index is 1.20. The molecule has 41 heavy (non-hydrogen) atoms. The van der Waals surface area contributed by atoms with E-state index in [9.17, 15) is 19.2 Å². The van der Waals surface area contributed by atoms with Gasteiger partial charge in [0.25, 0.3) is 5.91 Å². The minimum absolute atomic E-state index is 0.0116. The largest absolute Gasteiger partial charge is 0.368 e. The number of rotatable bonds is 9. The molecule has 1 aromatic carbocycles. The van der Waals surface area contributed by atoms with E-state index < -0.39 is 23.0 Å². The lowest BCUT2D eigenvalue weighted by atomic mass is 9.70. The minimum Gasteiger partial charge on any atom is -0.368 e. The van der Waals surface area contributed by atoms with E-state index in [1.807, 2.05) is 35.2 Å². The van der Waals surface area contributed by atoms with Crippen LogP contribution in [0.15, 0.2) is 42.0 Å². The summed E-state index contributed by atoms with van der Waals surface area (Å²) in [6.45, 7) is 5.96. The summed E-state index contributed by atoms with van der Waals surface area (Å²) in [4.78, 5) is 61.6. The molecular formula is C30H37N5O5S. The Morgan fingerprint density at radius 2 is 1.76 bits per heavy atom.